The number of aliphatic hydroxyl groups is 1. The summed E-state index contributed by atoms with van der Waals surface area (Å²) >= 11 is 0. The van der Waals surface area contributed by atoms with Crippen LogP contribution in [0.4, 0.5) is 0 Å². The minimum Gasteiger partial charge on any atom is -0.391 e. The van der Waals surface area contributed by atoms with Crippen molar-refractivity contribution in [2.75, 3.05) is 32.8 Å². The van der Waals surface area contributed by atoms with E-state index in [1.54, 1.807) is 4.90 Å². The van der Waals surface area contributed by atoms with Gasteiger partial charge in [0.05, 0.1) is 12.7 Å². The Morgan fingerprint density at radius 2 is 2.46 bits per heavy atom. The first-order valence-electron chi connectivity index (χ1n) is 4.47. The van der Waals surface area contributed by atoms with Gasteiger partial charge in [-0.3, -0.25) is 4.79 Å². The Balaban J connectivity index is 2.16. The lowest BCUT2D eigenvalue weighted by Gasteiger charge is -2.14. The molecular formula is C8H16N2O3. The third-order valence-electron chi connectivity index (χ3n) is 2.00. The summed E-state index contributed by atoms with van der Waals surface area (Å²) in [6.07, 6.45) is 0.307. The predicted octanol–water partition coefficient (Wildman–Crippen LogP) is -1.45. The molecule has 1 heterocycles. The van der Waals surface area contributed by atoms with Gasteiger partial charge in [0.1, 0.15) is 6.61 Å². The van der Waals surface area contributed by atoms with Gasteiger partial charge in [0, 0.05) is 19.6 Å². The highest BCUT2D eigenvalue weighted by molar-refractivity contribution is 5.77. The van der Waals surface area contributed by atoms with Crippen molar-refractivity contribution in [1.82, 2.24) is 4.90 Å². The molecule has 5 heteroatoms. The molecular weight excluding hydrogens is 172 g/mol. The van der Waals surface area contributed by atoms with E-state index in [0.29, 0.717) is 32.7 Å². The quantitative estimate of drug-likeness (QED) is 0.529. The summed E-state index contributed by atoms with van der Waals surface area (Å²) in [6, 6.07) is 0. The average molecular weight is 188 g/mol. The van der Waals surface area contributed by atoms with Crippen molar-refractivity contribution in [3.63, 3.8) is 0 Å². The molecule has 5 nitrogen and oxygen atoms in total. The molecule has 76 valence electrons. The number of aliphatic hydroxyl groups excluding tert-OH is 1. The summed E-state index contributed by atoms with van der Waals surface area (Å²) in [5.74, 6) is -0.0648. The van der Waals surface area contributed by atoms with Crippen molar-refractivity contribution in [3.8, 4) is 0 Å². The maximum absolute atomic E-state index is 11.3. The van der Waals surface area contributed by atoms with Crippen LogP contribution in [-0.2, 0) is 9.53 Å². The molecule has 3 N–H and O–H groups in total. The lowest BCUT2D eigenvalue weighted by Crippen LogP contribution is -2.33. The van der Waals surface area contributed by atoms with Crippen LogP contribution in [0.5, 0.6) is 0 Å². The van der Waals surface area contributed by atoms with Crippen molar-refractivity contribution in [3.05, 3.63) is 0 Å². The van der Waals surface area contributed by atoms with Gasteiger partial charge in [-0.25, -0.2) is 0 Å². The van der Waals surface area contributed by atoms with Crippen LogP contribution >= 0.6 is 0 Å². The van der Waals surface area contributed by atoms with E-state index in [-0.39, 0.29) is 18.6 Å². The number of nitrogens with zero attached hydrogens (tertiary/aromatic N) is 1. The van der Waals surface area contributed by atoms with Gasteiger partial charge in [0.15, 0.2) is 0 Å². The van der Waals surface area contributed by atoms with Crippen LogP contribution < -0.4 is 5.73 Å². The molecule has 1 aliphatic rings. The number of carbonyl (C=O) groups excluding carboxylic acids is 1. The minimum atomic E-state index is -0.363. The number of rotatable bonds is 4. The highest BCUT2D eigenvalue weighted by atomic mass is 16.5. The molecule has 0 aromatic rings. The Morgan fingerprint density at radius 1 is 1.69 bits per heavy atom. The van der Waals surface area contributed by atoms with Gasteiger partial charge in [-0.05, 0) is 6.42 Å². The zero-order chi connectivity index (χ0) is 9.68. The number of β-amino-alcohol motifs (C(OH)–C–C–N with tert-alkyl or cyclic N) is 1. The molecule has 1 rings (SSSR count). The van der Waals surface area contributed by atoms with E-state index in [9.17, 15) is 4.79 Å². The number of hydrogen-bond acceptors (Lipinski definition) is 4. The number of carbonyl (C=O) groups is 1. The Morgan fingerprint density at radius 3 is 3.00 bits per heavy atom. The molecule has 1 aliphatic heterocycles. The highest BCUT2D eigenvalue weighted by Gasteiger charge is 2.23. The number of ether oxygens (including phenoxy) is 1. The number of hydrogen-bond donors (Lipinski definition) is 2. The van der Waals surface area contributed by atoms with Crippen molar-refractivity contribution < 1.29 is 14.6 Å². The van der Waals surface area contributed by atoms with Crippen LogP contribution in [0.1, 0.15) is 6.42 Å². The van der Waals surface area contributed by atoms with Crippen LogP contribution in [0, 0.1) is 0 Å². The van der Waals surface area contributed by atoms with Crippen LogP contribution in [0.15, 0.2) is 0 Å². The third kappa shape index (κ3) is 3.30. The molecule has 1 amide bonds. The van der Waals surface area contributed by atoms with E-state index in [0.717, 1.165) is 0 Å². The van der Waals surface area contributed by atoms with Gasteiger partial charge >= 0.3 is 0 Å². The number of likely N-dealkylation sites (tertiary alicyclic amines) is 1. The van der Waals surface area contributed by atoms with Crippen molar-refractivity contribution in [2.45, 2.75) is 12.5 Å². The lowest BCUT2D eigenvalue weighted by atomic mass is 10.3. The third-order valence-corrected chi connectivity index (χ3v) is 2.00. The zero-order valence-corrected chi connectivity index (χ0v) is 7.61. The Bertz CT molecular complexity index is 175. The van der Waals surface area contributed by atoms with Crippen LogP contribution in [0.25, 0.3) is 0 Å². The molecule has 0 radical (unpaired) electrons. The molecule has 0 aliphatic carbocycles. The minimum absolute atomic E-state index is 0.0648. The second-order valence-corrected chi connectivity index (χ2v) is 3.12. The molecule has 13 heavy (non-hydrogen) atoms. The normalized spacial score (nSPS) is 22.3. The van der Waals surface area contributed by atoms with E-state index >= 15 is 0 Å². The van der Waals surface area contributed by atoms with Crippen molar-refractivity contribution in [2.24, 2.45) is 5.73 Å². The van der Waals surface area contributed by atoms with Gasteiger partial charge in [0.2, 0.25) is 5.91 Å². The second-order valence-electron chi connectivity index (χ2n) is 3.12. The SMILES string of the molecule is NCCOCC(=O)N1CC[C@@H](O)C1. The summed E-state index contributed by atoms with van der Waals surface area (Å²) in [6.45, 7) is 1.97. The smallest absolute Gasteiger partial charge is 0.248 e. The first-order valence-corrected chi connectivity index (χ1v) is 4.47. The van der Waals surface area contributed by atoms with Gasteiger partial charge in [0.25, 0.3) is 0 Å². The van der Waals surface area contributed by atoms with Crippen molar-refractivity contribution >= 4 is 5.91 Å². The van der Waals surface area contributed by atoms with Gasteiger partial charge in [-0.15, -0.1) is 0 Å². The van der Waals surface area contributed by atoms with E-state index in [4.69, 9.17) is 15.6 Å². The van der Waals surface area contributed by atoms with E-state index in [1.807, 2.05) is 0 Å². The fourth-order valence-corrected chi connectivity index (χ4v) is 1.30. The van der Waals surface area contributed by atoms with Crippen LogP contribution in [0.3, 0.4) is 0 Å². The van der Waals surface area contributed by atoms with Crippen LogP contribution in [-0.4, -0.2) is 54.9 Å². The summed E-state index contributed by atoms with van der Waals surface area (Å²) in [7, 11) is 0. The lowest BCUT2D eigenvalue weighted by molar-refractivity contribution is -0.135. The molecule has 0 unspecified atom stereocenters. The topological polar surface area (TPSA) is 75.8 Å². The summed E-state index contributed by atoms with van der Waals surface area (Å²) in [5.41, 5.74) is 5.20. The Hall–Kier alpha value is -0.650. The zero-order valence-electron chi connectivity index (χ0n) is 7.61. The highest BCUT2D eigenvalue weighted by Crippen LogP contribution is 2.08. The van der Waals surface area contributed by atoms with Gasteiger partial charge < -0.3 is 20.5 Å². The molecule has 1 fully saturated rings. The fourth-order valence-electron chi connectivity index (χ4n) is 1.30. The summed E-state index contributed by atoms with van der Waals surface area (Å²) < 4.78 is 4.99. The second kappa shape index (κ2) is 5.16. The molecule has 0 bridgehead atoms. The largest absolute Gasteiger partial charge is 0.391 e. The van der Waals surface area contributed by atoms with E-state index < -0.39 is 0 Å². The van der Waals surface area contributed by atoms with Gasteiger partial charge in [-0.2, -0.15) is 0 Å². The number of amides is 1. The summed E-state index contributed by atoms with van der Waals surface area (Å²) in [5, 5.41) is 9.17. The van der Waals surface area contributed by atoms with E-state index in [2.05, 4.69) is 0 Å². The Kier molecular flexibility index (Phi) is 4.14. The maximum Gasteiger partial charge on any atom is 0.248 e. The number of nitrogens with two attached hydrogens (primary N) is 1. The summed E-state index contributed by atoms with van der Waals surface area (Å²) in [4.78, 5) is 12.9. The molecule has 1 saturated heterocycles. The molecule has 0 spiro atoms. The monoisotopic (exact) mass is 188 g/mol. The van der Waals surface area contributed by atoms with Gasteiger partial charge in [-0.1, -0.05) is 0 Å². The average Bonchev–Trinajstić information content (AvgIpc) is 2.52. The predicted molar refractivity (Wildman–Crippen MR) is 47.1 cm³/mol. The maximum atomic E-state index is 11.3. The van der Waals surface area contributed by atoms with Crippen molar-refractivity contribution in [1.29, 1.82) is 0 Å². The Labute approximate surface area is 77.5 Å². The first kappa shape index (κ1) is 10.4. The molecule has 0 saturated carbocycles. The van der Waals surface area contributed by atoms with E-state index in [1.165, 1.54) is 0 Å². The molecule has 0 aromatic carbocycles. The van der Waals surface area contributed by atoms with Crippen LogP contribution in [0.2, 0.25) is 0 Å². The standard InChI is InChI=1S/C8H16N2O3/c9-2-4-13-6-8(12)10-3-1-7(11)5-10/h7,11H,1-6,9H2/t7-/m1/s1. The fraction of sp³-hybridized carbons (Fsp3) is 0.875. The first-order chi connectivity index (χ1) is 6.24. The molecule has 1 atom stereocenters. The molecule has 0 aromatic heterocycles.